The predicted octanol–water partition coefficient (Wildman–Crippen LogP) is 8.26. The summed E-state index contributed by atoms with van der Waals surface area (Å²) in [6, 6.07) is 13.1. The van der Waals surface area contributed by atoms with Crippen molar-refractivity contribution in [1.29, 1.82) is 0 Å². The molecule has 0 saturated heterocycles. The van der Waals surface area contributed by atoms with E-state index in [9.17, 15) is 0 Å². The number of hydrogen-bond donors (Lipinski definition) is 1. The van der Waals surface area contributed by atoms with E-state index in [2.05, 4.69) is 115 Å². The Morgan fingerprint density at radius 3 is 1.66 bits per heavy atom. The number of para-hydroxylation sites is 2. The van der Waals surface area contributed by atoms with Crippen LogP contribution in [0.2, 0.25) is 0 Å². The van der Waals surface area contributed by atoms with Gasteiger partial charge < -0.3 is 5.32 Å². The lowest BCUT2D eigenvalue weighted by molar-refractivity contribution is 0.427. The summed E-state index contributed by atoms with van der Waals surface area (Å²) >= 11 is 0. The van der Waals surface area contributed by atoms with Crippen molar-refractivity contribution >= 4 is 22.8 Å². The van der Waals surface area contributed by atoms with Crippen molar-refractivity contribution in [1.82, 2.24) is 5.32 Å². The van der Waals surface area contributed by atoms with Crippen molar-refractivity contribution in [2.24, 2.45) is 15.9 Å². The van der Waals surface area contributed by atoms with Gasteiger partial charge in [-0.3, -0.25) is 9.98 Å². The molecule has 3 heteroatoms. The topological polar surface area (TPSA) is 36.8 Å². The Morgan fingerprint density at radius 1 is 0.771 bits per heavy atom. The van der Waals surface area contributed by atoms with E-state index in [1.165, 1.54) is 22.3 Å². The molecule has 3 rings (SSSR count). The number of benzene rings is 2. The zero-order chi connectivity index (χ0) is 25.6. The summed E-state index contributed by atoms with van der Waals surface area (Å²) in [7, 11) is 0. The minimum Gasteiger partial charge on any atom is -0.369 e. The quantitative estimate of drug-likeness (QED) is 0.369. The lowest BCUT2D eigenvalue weighted by Crippen LogP contribution is -2.55. The molecule has 1 heterocycles. The van der Waals surface area contributed by atoms with Crippen molar-refractivity contribution < 1.29 is 0 Å². The minimum atomic E-state index is -0.370. The second-order valence-electron chi connectivity index (χ2n) is 9.75. The van der Waals surface area contributed by atoms with Gasteiger partial charge in [0.15, 0.2) is 0 Å². The number of nitrogens with one attached hydrogen (secondary N) is 1. The third-order valence-electron chi connectivity index (χ3n) is 7.35. The number of hydrogen-bond acceptors (Lipinski definition) is 3. The molecule has 186 valence electrons. The fourth-order valence-electron chi connectivity index (χ4n) is 4.98. The third kappa shape index (κ3) is 5.50. The fourth-order valence-corrected chi connectivity index (χ4v) is 4.98. The van der Waals surface area contributed by atoms with Crippen LogP contribution in [0.25, 0.3) is 0 Å². The zero-order valence-electron chi connectivity index (χ0n) is 23.0. The van der Waals surface area contributed by atoms with Crippen molar-refractivity contribution in [3.63, 3.8) is 0 Å². The standard InChI is InChI=1S/C32H43N3/c1-9-25-16-13-17-26(10-2)30(25)33-23(7)29-20-15-21-32(35-29,22(5)6)24(8)34-31-27(11-3)18-14-19-28(31)12-4/h13-22,35H,9-12H2,1-8H3/t32-/m0/s1. The van der Waals surface area contributed by atoms with E-state index in [-0.39, 0.29) is 5.54 Å². The molecule has 0 fully saturated rings. The van der Waals surface area contributed by atoms with Crippen LogP contribution in [0.3, 0.4) is 0 Å². The summed E-state index contributed by atoms with van der Waals surface area (Å²) in [5.41, 5.74) is 10.2. The van der Waals surface area contributed by atoms with Crippen LogP contribution in [-0.2, 0) is 25.7 Å². The monoisotopic (exact) mass is 469 g/mol. The highest BCUT2D eigenvalue weighted by Gasteiger charge is 2.37. The number of nitrogens with zero attached hydrogens (tertiary/aromatic N) is 2. The first kappa shape index (κ1) is 26.7. The average Bonchev–Trinajstić information content (AvgIpc) is 2.88. The number of rotatable bonds is 9. The molecule has 1 N–H and O–H groups in total. The van der Waals surface area contributed by atoms with Crippen LogP contribution in [0.1, 0.15) is 77.6 Å². The van der Waals surface area contributed by atoms with Gasteiger partial charge in [-0.15, -0.1) is 0 Å². The molecular weight excluding hydrogens is 426 g/mol. The SMILES string of the molecule is CCc1cccc(CC)c1N=C(C)C1=CC=C[C@@](C(C)=Nc2c(CC)cccc2CC)(C(C)C)N1. The first-order valence-electron chi connectivity index (χ1n) is 13.3. The summed E-state index contributed by atoms with van der Waals surface area (Å²) in [5.74, 6) is 0.312. The molecule has 3 nitrogen and oxygen atoms in total. The molecular formula is C32H43N3. The molecule has 0 radical (unpaired) electrons. The fraction of sp³-hybridized carbons (Fsp3) is 0.438. The van der Waals surface area contributed by atoms with Crippen LogP contribution < -0.4 is 5.32 Å². The summed E-state index contributed by atoms with van der Waals surface area (Å²) in [4.78, 5) is 10.4. The molecule has 0 bridgehead atoms. The molecule has 0 aliphatic carbocycles. The molecule has 2 aromatic rings. The molecule has 35 heavy (non-hydrogen) atoms. The Hall–Kier alpha value is -2.94. The normalized spacial score (nSPS) is 18.6. The van der Waals surface area contributed by atoms with Gasteiger partial charge in [-0.1, -0.05) is 90.1 Å². The Labute approximate surface area is 213 Å². The van der Waals surface area contributed by atoms with Crippen molar-refractivity contribution in [3.8, 4) is 0 Å². The second kappa shape index (κ2) is 11.7. The molecule has 2 aromatic carbocycles. The molecule has 1 atom stereocenters. The molecule has 1 aliphatic heterocycles. The highest BCUT2D eigenvalue weighted by molar-refractivity contribution is 6.03. The molecule has 0 saturated carbocycles. The minimum absolute atomic E-state index is 0.312. The van der Waals surface area contributed by atoms with Gasteiger partial charge >= 0.3 is 0 Å². The molecule has 0 unspecified atom stereocenters. The van der Waals surface area contributed by atoms with Gasteiger partial charge in [0.2, 0.25) is 0 Å². The highest BCUT2D eigenvalue weighted by Crippen LogP contribution is 2.32. The number of aliphatic imine (C=N–C) groups is 2. The Kier molecular flexibility index (Phi) is 8.88. The smallest absolute Gasteiger partial charge is 0.0966 e. The predicted molar refractivity (Wildman–Crippen MR) is 154 cm³/mol. The Bertz CT molecular complexity index is 1120. The van der Waals surface area contributed by atoms with E-state index in [0.29, 0.717) is 5.92 Å². The molecule has 0 amide bonds. The second-order valence-corrected chi connectivity index (χ2v) is 9.75. The van der Waals surface area contributed by atoms with Crippen LogP contribution in [-0.4, -0.2) is 17.0 Å². The van der Waals surface area contributed by atoms with E-state index < -0.39 is 0 Å². The van der Waals surface area contributed by atoms with E-state index in [1.54, 1.807) is 0 Å². The number of aryl methyl sites for hydroxylation is 4. The first-order valence-corrected chi connectivity index (χ1v) is 13.3. The lowest BCUT2D eigenvalue weighted by atomic mass is 9.79. The summed E-state index contributed by atoms with van der Waals surface area (Å²) in [5, 5.41) is 3.87. The van der Waals surface area contributed by atoms with Crippen LogP contribution in [0, 0.1) is 5.92 Å². The summed E-state index contributed by atoms with van der Waals surface area (Å²) in [6.45, 7) is 17.6. The van der Waals surface area contributed by atoms with Crippen molar-refractivity contribution in [2.75, 3.05) is 0 Å². The summed E-state index contributed by atoms with van der Waals surface area (Å²) < 4.78 is 0. The largest absolute Gasteiger partial charge is 0.369 e. The van der Waals surface area contributed by atoms with Crippen molar-refractivity contribution in [3.05, 3.63) is 82.6 Å². The number of dihydropyridines is 1. The van der Waals surface area contributed by atoms with Gasteiger partial charge in [0.1, 0.15) is 0 Å². The van der Waals surface area contributed by atoms with Gasteiger partial charge in [-0.2, -0.15) is 0 Å². The van der Waals surface area contributed by atoms with Gasteiger partial charge in [0.25, 0.3) is 0 Å². The maximum atomic E-state index is 5.29. The van der Waals surface area contributed by atoms with Gasteiger partial charge in [0.05, 0.1) is 28.3 Å². The highest BCUT2D eigenvalue weighted by atomic mass is 15.0. The van der Waals surface area contributed by atoms with Crippen LogP contribution in [0.5, 0.6) is 0 Å². The zero-order valence-corrected chi connectivity index (χ0v) is 23.0. The van der Waals surface area contributed by atoms with Crippen LogP contribution >= 0.6 is 0 Å². The van der Waals surface area contributed by atoms with E-state index in [1.807, 2.05) is 0 Å². The van der Waals surface area contributed by atoms with Gasteiger partial charge in [0, 0.05) is 5.71 Å². The van der Waals surface area contributed by atoms with Crippen LogP contribution in [0.15, 0.2) is 70.3 Å². The van der Waals surface area contributed by atoms with Gasteiger partial charge in [-0.05, 0) is 73.8 Å². The van der Waals surface area contributed by atoms with E-state index in [0.717, 1.165) is 54.2 Å². The lowest BCUT2D eigenvalue weighted by Gasteiger charge is -2.39. The van der Waals surface area contributed by atoms with Gasteiger partial charge in [-0.25, -0.2) is 0 Å². The maximum absolute atomic E-state index is 5.29. The maximum Gasteiger partial charge on any atom is 0.0966 e. The Morgan fingerprint density at radius 2 is 1.23 bits per heavy atom. The molecule has 0 aromatic heterocycles. The summed E-state index contributed by atoms with van der Waals surface area (Å²) in [6.07, 6.45) is 10.5. The van der Waals surface area contributed by atoms with E-state index >= 15 is 0 Å². The average molecular weight is 470 g/mol. The van der Waals surface area contributed by atoms with Crippen LogP contribution in [0.4, 0.5) is 11.4 Å². The molecule has 1 aliphatic rings. The van der Waals surface area contributed by atoms with E-state index in [4.69, 9.17) is 9.98 Å². The molecule has 0 spiro atoms. The number of allylic oxidation sites excluding steroid dienone is 3. The van der Waals surface area contributed by atoms with Crippen molar-refractivity contribution in [2.45, 2.75) is 86.6 Å². The first-order chi connectivity index (χ1) is 16.8. The Balaban J connectivity index is 2.05. The third-order valence-corrected chi connectivity index (χ3v) is 7.35.